The van der Waals surface area contributed by atoms with E-state index in [1.165, 1.54) is 0 Å². The van der Waals surface area contributed by atoms with Gasteiger partial charge in [0.25, 0.3) is 0 Å². The van der Waals surface area contributed by atoms with Gasteiger partial charge in [0.1, 0.15) is 11.4 Å². The molecule has 3 rings (SSSR count). The Hall–Kier alpha value is -2.90. The van der Waals surface area contributed by atoms with Gasteiger partial charge in [0, 0.05) is 31.6 Å². The highest BCUT2D eigenvalue weighted by Gasteiger charge is 2.32. The summed E-state index contributed by atoms with van der Waals surface area (Å²) in [4.78, 5) is 25.6. The van der Waals surface area contributed by atoms with Crippen LogP contribution in [0.15, 0.2) is 24.3 Å². The number of piperidine rings is 1. The molecule has 0 spiro atoms. The number of methoxy groups -OCH3 is 1. The Bertz CT molecular complexity index is 820. The first-order chi connectivity index (χ1) is 12.4. The number of hydrogen-bond donors (Lipinski definition) is 0. The molecule has 1 aromatic carbocycles. The van der Waals surface area contributed by atoms with Crippen molar-refractivity contribution in [2.24, 2.45) is 13.0 Å². The Balaban J connectivity index is 1.71. The predicted octanol–water partition coefficient (Wildman–Crippen LogP) is 2.74. The minimum absolute atomic E-state index is 0.0485. The van der Waals surface area contributed by atoms with Crippen LogP contribution in [0.25, 0.3) is 0 Å². The SMILES string of the molecule is COc1ccc(C(=O)C2CCN(c3c([N+](=O)[O-])c(C)nn3C)CC2)cc1. The summed E-state index contributed by atoms with van der Waals surface area (Å²) in [5.74, 6) is 1.27. The maximum atomic E-state index is 12.7. The minimum Gasteiger partial charge on any atom is -0.497 e. The van der Waals surface area contributed by atoms with Gasteiger partial charge in [0.15, 0.2) is 5.78 Å². The van der Waals surface area contributed by atoms with Gasteiger partial charge in [-0.25, -0.2) is 4.68 Å². The van der Waals surface area contributed by atoms with Crippen LogP contribution in [-0.4, -0.2) is 40.7 Å². The third-order valence-electron chi connectivity index (χ3n) is 4.88. The van der Waals surface area contributed by atoms with Gasteiger partial charge in [0.05, 0.1) is 12.0 Å². The van der Waals surface area contributed by atoms with Crippen LogP contribution < -0.4 is 9.64 Å². The van der Waals surface area contributed by atoms with Gasteiger partial charge in [-0.2, -0.15) is 5.10 Å². The lowest BCUT2D eigenvalue weighted by Crippen LogP contribution is -2.37. The summed E-state index contributed by atoms with van der Waals surface area (Å²) < 4.78 is 6.67. The summed E-state index contributed by atoms with van der Waals surface area (Å²) in [5, 5.41) is 15.5. The van der Waals surface area contributed by atoms with Gasteiger partial charge in [-0.1, -0.05) is 0 Å². The zero-order valence-electron chi connectivity index (χ0n) is 15.1. The number of nitrogens with zero attached hydrogens (tertiary/aromatic N) is 4. The molecule has 0 saturated carbocycles. The normalized spacial score (nSPS) is 15.1. The Morgan fingerprint density at radius 1 is 1.27 bits per heavy atom. The average Bonchev–Trinajstić information content (AvgIpc) is 2.95. The van der Waals surface area contributed by atoms with Crippen molar-refractivity contribution in [1.82, 2.24) is 9.78 Å². The van der Waals surface area contributed by atoms with E-state index in [2.05, 4.69) is 5.10 Å². The van der Waals surface area contributed by atoms with E-state index < -0.39 is 0 Å². The van der Waals surface area contributed by atoms with E-state index in [1.54, 1.807) is 50.0 Å². The highest BCUT2D eigenvalue weighted by atomic mass is 16.6. The fraction of sp³-hybridized carbons (Fsp3) is 0.444. The molecule has 0 atom stereocenters. The largest absolute Gasteiger partial charge is 0.497 e. The number of carbonyl (C=O) groups is 1. The molecule has 1 saturated heterocycles. The second kappa shape index (κ2) is 7.15. The van der Waals surface area contributed by atoms with E-state index in [4.69, 9.17) is 4.74 Å². The minimum atomic E-state index is -0.383. The van der Waals surface area contributed by atoms with E-state index >= 15 is 0 Å². The molecular formula is C18H22N4O4. The summed E-state index contributed by atoms with van der Waals surface area (Å²) in [6, 6.07) is 7.12. The number of aryl methyl sites for hydroxylation is 2. The van der Waals surface area contributed by atoms with Crippen molar-refractivity contribution in [1.29, 1.82) is 0 Å². The van der Waals surface area contributed by atoms with Crippen molar-refractivity contribution < 1.29 is 14.5 Å². The van der Waals surface area contributed by atoms with Crippen LogP contribution in [0.1, 0.15) is 28.9 Å². The lowest BCUT2D eigenvalue weighted by Gasteiger charge is -2.32. The average molecular weight is 358 g/mol. The van der Waals surface area contributed by atoms with Crippen LogP contribution in [0.4, 0.5) is 11.5 Å². The van der Waals surface area contributed by atoms with Crippen LogP contribution >= 0.6 is 0 Å². The molecule has 1 aliphatic rings. The van der Waals surface area contributed by atoms with E-state index in [-0.39, 0.29) is 22.3 Å². The highest BCUT2D eigenvalue weighted by molar-refractivity contribution is 5.98. The first-order valence-electron chi connectivity index (χ1n) is 8.53. The Labute approximate surface area is 151 Å². The molecule has 0 amide bonds. The standard InChI is InChI=1S/C18H22N4O4/c1-12-16(22(24)25)18(20(2)19-12)21-10-8-14(9-11-21)17(23)13-4-6-15(26-3)7-5-13/h4-7,14H,8-11H2,1-3H3. The Morgan fingerprint density at radius 2 is 1.88 bits per heavy atom. The molecular weight excluding hydrogens is 336 g/mol. The van der Waals surface area contributed by atoms with Gasteiger partial charge >= 0.3 is 5.69 Å². The number of rotatable bonds is 5. The molecule has 26 heavy (non-hydrogen) atoms. The quantitative estimate of drug-likeness (QED) is 0.464. The third kappa shape index (κ3) is 3.26. The molecule has 0 bridgehead atoms. The molecule has 2 aromatic rings. The van der Waals surface area contributed by atoms with E-state index in [1.807, 2.05) is 4.90 Å². The predicted molar refractivity (Wildman–Crippen MR) is 96.9 cm³/mol. The summed E-state index contributed by atoms with van der Waals surface area (Å²) in [7, 11) is 3.30. The molecule has 8 heteroatoms. The number of ether oxygens (including phenoxy) is 1. The fourth-order valence-corrected chi connectivity index (χ4v) is 3.55. The van der Waals surface area contributed by atoms with Crippen LogP contribution in [0.2, 0.25) is 0 Å². The van der Waals surface area contributed by atoms with Crippen LogP contribution in [0.3, 0.4) is 0 Å². The maximum absolute atomic E-state index is 12.7. The van der Waals surface area contributed by atoms with Crippen molar-refractivity contribution in [3.8, 4) is 5.75 Å². The number of nitro groups is 1. The van der Waals surface area contributed by atoms with E-state index in [9.17, 15) is 14.9 Å². The van der Waals surface area contributed by atoms with Gasteiger partial charge < -0.3 is 9.64 Å². The molecule has 1 aliphatic heterocycles. The number of hydrogen-bond acceptors (Lipinski definition) is 6. The number of ketones is 1. The molecule has 2 heterocycles. The topological polar surface area (TPSA) is 90.5 Å². The number of anilines is 1. The fourth-order valence-electron chi connectivity index (χ4n) is 3.55. The summed E-state index contributed by atoms with van der Waals surface area (Å²) in [6.45, 7) is 2.82. The molecule has 1 fully saturated rings. The highest BCUT2D eigenvalue weighted by Crippen LogP contribution is 2.34. The van der Waals surface area contributed by atoms with Gasteiger partial charge in [-0.15, -0.1) is 0 Å². The zero-order chi connectivity index (χ0) is 18.8. The van der Waals surface area contributed by atoms with Crippen LogP contribution in [0, 0.1) is 23.0 Å². The molecule has 1 aromatic heterocycles. The van der Waals surface area contributed by atoms with E-state index in [0.717, 1.165) is 5.75 Å². The first-order valence-corrected chi connectivity index (χ1v) is 8.53. The summed E-state index contributed by atoms with van der Waals surface area (Å²) >= 11 is 0. The van der Waals surface area contributed by atoms with Gasteiger partial charge in [-0.3, -0.25) is 14.9 Å². The zero-order valence-corrected chi connectivity index (χ0v) is 15.1. The van der Waals surface area contributed by atoms with Gasteiger partial charge in [-0.05, 0) is 44.0 Å². The summed E-state index contributed by atoms with van der Waals surface area (Å²) in [6.07, 6.45) is 1.32. The van der Waals surface area contributed by atoms with Crippen molar-refractivity contribution in [3.63, 3.8) is 0 Å². The number of benzene rings is 1. The van der Waals surface area contributed by atoms with Crippen LogP contribution in [-0.2, 0) is 7.05 Å². The number of Topliss-reactive ketones (excluding diaryl/α,β-unsaturated/α-hetero) is 1. The number of aromatic nitrogens is 2. The smallest absolute Gasteiger partial charge is 0.333 e. The molecule has 0 N–H and O–H groups in total. The monoisotopic (exact) mass is 358 g/mol. The molecule has 0 aliphatic carbocycles. The lowest BCUT2D eigenvalue weighted by molar-refractivity contribution is -0.384. The van der Waals surface area contributed by atoms with Crippen molar-refractivity contribution >= 4 is 17.3 Å². The van der Waals surface area contributed by atoms with Crippen molar-refractivity contribution in [2.75, 3.05) is 25.1 Å². The first kappa shape index (κ1) is 17.9. The van der Waals surface area contributed by atoms with Crippen molar-refractivity contribution in [2.45, 2.75) is 19.8 Å². The molecule has 138 valence electrons. The molecule has 8 nitrogen and oxygen atoms in total. The second-order valence-corrected chi connectivity index (χ2v) is 6.49. The summed E-state index contributed by atoms with van der Waals surface area (Å²) in [5.41, 5.74) is 1.13. The molecule has 0 unspecified atom stereocenters. The number of carbonyl (C=O) groups excluding carboxylic acids is 1. The van der Waals surface area contributed by atoms with Crippen LogP contribution in [0.5, 0.6) is 5.75 Å². The second-order valence-electron chi connectivity index (χ2n) is 6.49. The Kier molecular flexibility index (Phi) is 4.92. The van der Waals surface area contributed by atoms with Gasteiger partial charge in [0.2, 0.25) is 5.82 Å². The van der Waals surface area contributed by atoms with Crippen molar-refractivity contribution in [3.05, 3.63) is 45.6 Å². The maximum Gasteiger partial charge on any atom is 0.333 e. The third-order valence-corrected chi connectivity index (χ3v) is 4.88. The molecule has 0 radical (unpaired) electrons. The lowest BCUT2D eigenvalue weighted by atomic mass is 9.89. The Morgan fingerprint density at radius 3 is 2.42 bits per heavy atom. The van der Waals surface area contributed by atoms with E-state index in [0.29, 0.717) is 43.0 Å².